The van der Waals surface area contributed by atoms with Crippen molar-refractivity contribution in [2.45, 2.75) is 12.5 Å². The molecule has 0 aliphatic heterocycles. The average Bonchev–Trinajstić information content (AvgIpc) is 2.67. The Morgan fingerprint density at radius 1 is 0.962 bits per heavy atom. The molecule has 0 unspecified atom stereocenters. The van der Waals surface area contributed by atoms with Crippen molar-refractivity contribution < 1.29 is 24.1 Å². The van der Waals surface area contributed by atoms with Crippen molar-refractivity contribution in [2.75, 3.05) is 14.2 Å². The molecule has 0 aliphatic rings. The highest BCUT2D eigenvalue weighted by atomic mass is 16.5. The largest absolute Gasteiger partial charge is 0.497 e. The van der Waals surface area contributed by atoms with E-state index in [9.17, 15) is 9.90 Å². The molecule has 0 heterocycles. The zero-order valence-corrected chi connectivity index (χ0v) is 14.6. The second kappa shape index (κ2) is 7.78. The fourth-order valence-corrected chi connectivity index (χ4v) is 2.87. The molecular weight excluding hydrogens is 332 g/mol. The third-order valence-corrected chi connectivity index (χ3v) is 4.19. The summed E-state index contributed by atoms with van der Waals surface area (Å²) in [5, 5.41) is 11.5. The molecule has 1 atom stereocenters. The number of carbonyl (C=O) groups is 1. The number of hydrogen-bond donors (Lipinski definition) is 1. The maximum Gasteiger partial charge on any atom is 0.345 e. The van der Waals surface area contributed by atoms with Gasteiger partial charge in [-0.15, -0.1) is 0 Å². The Morgan fingerprint density at radius 2 is 1.73 bits per heavy atom. The van der Waals surface area contributed by atoms with Gasteiger partial charge in [-0.2, -0.15) is 0 Å². The fourth-order valence-electron chi connectivity index (χ4n) is 2.87. The lowest BCUT2D eigenvalue weighted by molar-refractivity contribution is -0.144. The molecule has 0 bridgehead atoms. The van der Waals surface area contributed by atoms with Crippen molar-refractivity contribution in [1.82, 2.24) is 0 Å². The van der Waals surface area contributed by atoms with E-state index in [1.807, 2.05) is 36.4 Å². The lowest BCUT2D eigenvalue weighted by Crippen LogP contribution is -2.29. The van der Waals surface area contributed by atoms with Crippen molar-refractivity contribution in [1.29, 1.82) is 0 Å². The van der Waals surface area contributed by atoms with Crippen LogP contribution >= 0.6 is 0 Å². The van der Waals surface area contributed by atoms with Crippen LogP contribution in [0.4, 0.5) is 0 Å². The second-order valence-corrected chi connectivity index (χ2v) is 5.80. The number of aliphatic carboxylic acids is 1. The Labute approximate surface area is 151 Å². The summed E-state index contributed by atoms with van der Waals surface area (Å²) in [4.78, 5) is 11.8. The predicted molar refractivity (Wildman–Crippen MR) is 99.2 cm³/mol. The smallest absolute Gasteiger partial charge is 0.345 e. The first-order valence-electron chi connectivity index (χ1n) is 8.20. The van der Waals surface area contributed by atoms with Crippen LogP contribution in [0.5, 0.6) is 17.2 Å². The van der Waals surface area contributed by atoms with Crippen molar-refractivity contribution in [3.8, 4) is 17.2 Å². The van der Waals surface area contributed by atoms with E-state index in [-0.39, 0.29) is 6.42 Å². The van der Waals surface area contributed by atoms with E-state index >= 15 is 0 Å². The first kappa shape index (κ1) is 17.6. The van der Waals surface area contributed by atoms with Gasteiger partial charge in [-0.05, 0) is 29.7 Å². The van der Waals surface area contributed by atoms with E-state index < -0.39 is 12.1 Å². The fraction of sp³-hybridized carbons (Fsp3) is 0.190. The highest BCUT2D eigenvalue weighted by Crippen LogP contribution is 2.29. The number of methoxy groups -OCH3 is 2. The van der Waals surface area contributed by atoms with Crippen LogP contribution in [-0.2, 0) is 11.2 Å². The Morgan fingerprint density at radius 3 is 2.46 bits per heavy atom. The highest BCUT2D eigenvalue weighted by Gasteiger charge is 2.23. The van der Waals surface area contributed by atoms with E-state index in [1.165, 1.54) is 0 Å². The van der Waals surface area contributed by atoms with Crippen LogP contribution in [0.15, 0.2) is 60.7 Å². The van der Waals surface area contributed by atoms with Crippen LogP contribution in [0.25, 0.3) is 10.8 Å². The molecule has 0 spiro atoms. The van der Waals surface area contributed by atoms with Gasteiger partial charge in [0.25, 0.3) is 0 Å². The minimum Gasteiger partial charge on any atom is -0.497 e. The van der Waals surface area contributed by atoms with Gasteiger partial charge in [-0.25, -0.2) is 4.79 Å². The maximum absolute atomic E-state index is 11.8. The summed E-state index contributed by atoms with van der Waals surface area (Å²) in [6.07, 6.45) is -0.902. The van der Waals surface area contributed by atoms with Crippen LogP contribution in [-0.4, -0.2) is 31.4 Å². The number of carboxylic acids is 1. The van der Waals surface area contributed by atoms with E-state index in [0.717, 1.165) is 10.8 Å². The summed E-state index contributed by atoms with van der Waals surface area (Å²) in [5.41, 5.74) is 0.708. The van der Waals surface area contributed by atoms with Gasteiger partial charge in [0.1, 0.15) is 17.2 Å². The van der Waals surface area contributed by atoms with E-state index in [2.05, 4.69) is 0 Å². The Hall–Kier alpha value is -3.21. The van der Waals surface area contributed by atoms with Crippen molar-refractivity contribution >= 4 is 16.7 Å². The molecule has 3 aromatic carbocycles. The predicted octanol–water partition coefficient (Wildman–Crippen LogP) is 3.93. The van der Waals surface area contributed by atoms with Gasteiger partial charge in [-0.1, -0.05) is 36.4 Å². The molecule has 3 aromatic rings. The van der Waals surface area contributed by atoms with Crippen LogP contribution < -0.4 is 14.2 Å². The molecule has 26 heavy (non-hydrogen) atoms. The number of ether oxygens (including phenoxy) is 3. The molecule has 0 aliphatic carbocycles. The number of rotatable bonds is 7. The molecular formula is C21H20O5. The van der Waals surface area contributed by atoms with E-state index in [4.69, 9.17) is 14.2 Å². The van der Waals surface area contributed by atoms with Crippen LogP contribution in [0.1, 0.15) is 5.56 Å². The normalized spacial score (nSPS) is 11.8. The Kier molecular flexibility index (Phi) is 5.27. The SMILES string of the molecule is COc1ccc(OC)c(C[C@H](Oc2cccc3ccccc23)C(=O)O)c1. The third kappa shape index (κ3) is 3.72. The molecule has 3 rings (SSSR count). The molecule has 5 heteroatoms. The van der Waals surface area contributed by atoms with E-state index in [1.54, 1.807) is 38.5 Å². The van der Waals surface area contributed by atoms with Crippen LogP contribution in [0.3, 0.4) is 0 Å². The molecule has 5 nitrogen and oxygen atoms in total. The first-order valence-corrected chi connectivity index (χ1v) is 8.20. The summed E-state index contributed by atoms with van der Waals surface area (Å²) in [6, 6.07) is 18.6. The van der Waals surface area contributed by atoms with Crippen LogP contribution in [0, 0.1) is 0 Å². The summed E-state index contributed by atoms with van der Waals surface area (Å²) >= 11 is 0. The zero-order valence-electron chi connectivity index (χ0n) is 14.6. The molecule has 0 aromatic heterocycles. The minimum absolute atomic E-state index is 0.152. The first-order chi connectivity index (χ1) is 12.6. The van der Waals surface area contributed by atoms with Gasteiger partial charge in [0, 0.05) is 17.4 Å². The standard InChI is InChI=1S/C21H20O5/c1-24-16-10-11-18(25-2)15(12-16)13-20(21(22)23)26-19-9-5-7-14-6-3-4-8-17(14)19/h3-12,20H,13H2,1-2H3,(H,22,23)/t20-/m0/s1. The van der Waals surface area contributed by atoms with E-state index in [0.29, 0.717) is 22.8 Å². The quantitative estimate of drug-likeness (QED) is 0.698. The number of hydrogen-bond acceptors (Lipinski definition) is 4. The topological polar surface area (TPSA) is 65.0 Å². The summed E-state index contributed by atoms with van der Waals surface area (Å²) in [7, 11) is 3.11. The average molecular weight is 352 g/mol. The molecule has 1 N–H and O–H groups in total. The minimum atomic E-state index is -1.05. The summed E-state index contributed by atoms with van der Waals surface area (Å²) in [5.74, 6) is 0.730. The van der Waals surface area contributed by atoms with Gasteiger partial charge < -0.3 is 19.3 Å². The van der Waals surface area contributed by atoms with Crippen molar-refractivity contribution in [3.63, 3.8) is 0 Å². The van der Waals surface area contributed by atoms with Gasteiger partial charge in [0.05, 0.1) is 14.2 Å². The Balaban J connectivity index is 1.92. The lowest BCUT2D eigenvalue weighted by Gasteiger charge is -2.18. The van der Waals surface area contributed by atoms with Gasteiger partial charge in [0.15, 0.2) is 6.10 Å². The maximum atomic E-state index is 11.8. The Bertz CT molecular complexity index is 914. The third-order valence-electron chi connectivity index (χ3n) is 4.19. The summed E-state index contributed by atoms with van der Waals surface area (Å²) < 4.78 is 16.4. The second-order valence-electron chi connectivity index (χ2n) is 5.80. The molecule has 134 valence electrons. The molecule has 0 saturated carbocycles. The molecule has 0 saturated heterocycles. The van der Waals surface area contributed by atoms with Crippen molar-refractivity contribution in [3.05, 3.63) is 66.2 Å². The molecule has 0 fully saturated rings. The van der Waals surface area contributed by atoms with Crippen LogP contribution in [0.2, 0.25) is 0 Å². The monoisotopic (exact) mass is 352 g/mol. The number of fused-ring (bicyclic) bond motifs is 1. The number of carboxylic acid groups (broad SMARTS) is 1. The molecule has 0 radical (unpaired) electrons. The van der Waals surface area contributed by atoms with Crippen molar-refractivity contribution in [2.24, 2.45) is 0 Å². The van der Waals surface area contributed by atoms with Gasteiger partial charge in [0.2, 0.25) is 0 Å². The summed E-state index contributed by atoms with van der Waals surface area (Å²) in [6.45, 7) is 0. The highest BCUT2D eigenvalue weighted by molar-refractivity contribution is 5.88. The number of benzene rings is 3. The van der Waals surface area contributed by atoms with Gasteiger partial charge in [-0.3, -0.25) is 0 Å². The van der Waals surface area contributed by atoms with Gasteiger partial charge >= 0.3 is 5.97 Å². The molecule has 0 amide bonds. The lowest BCUT2D eigenvalue weighted by atomic mass is 10.1. The zero-order chi connectivity index (χ0) is 18.5.